The van der Waals surface area contributed by atoms with E-state index in [0.717, 1.165) is 17.1 Å². The molecule has 0 aliphatic heterocycles. The van der Waals surface area contributed by atoms with Crippen molar-refractivity contribution in [2.75, 3.05) is 11.9 Å². The molecule has 0 unspecified atom stereocenters. The maximum absolute atomic E-state index is 12.1. The number of nitrogens with one attached hydrogen (secondary N) is 1. The van der Waals surface area contributed by atoms with Crippen LogP contribution in [0.1, 0.15) is 5.56 Å². The number of amides is 1. The molecular weight excluding hydrogens is 350 g/mol. The zero-order valence-electron chi connectivity index (χ0n) is 15.4. The molecule has 3 aromatic carbocycles. The molecule has 0 spiro atoms. The molecule has 0 fully saturated rings. The van der Waals surface area contributed by atoms with E-state index < -0.39 is 0 Å². The maximum Gasteiger partial charge on any atom is 0.248 e. The van der Waals surface area contributed by atoms with Gasteiger partial charge in [-0.3, -0.25) is 4.79 Å². The predicted octanol–water partition coefficient (Wildman–Crippen LogP) is 5.70. The zero-order chi connectivity index (χ0) is 19.6. The molecule has 3 aromatic rings. The number of hydrogen-bond donors (Lipinski definition) is 1. The molecule has 1 amide bonds. The molecule has 4 nitrogen and oxygen atoms in total. The third-order valence-electron chi connectivity index (χ3n) is 3.78. The minimum Gasteiger partial charge on any atom is -0.490 e. The first-order valence-corrected chi connectivity index (χ1v) is 8.89. The Morgan fingerprint density at radius 3 is 2.18 bits per heavy atom. The zero-order valence-corrected chi connectivity index (χ0v) is 15.4. The van der Waals surface area contributed by atoms with Crippen molar-refractivity contribution >= 4 is 17.7 Å². The van der Waals surface area contributed by atoms with Crippen molar-refractivity contribution in [3.05, 3.63) is 103 Å². The summed E-state index contributed by atoms with van der Waals surface area (Å²) in [6.07, 6.45) is 4.94. The highest BCUT2D eigenvalue weighted by molar-refractivity contribution is 6.01. The molecule has 0 radical (unpaired) electrons. The number of hydrogen-bond acceptors (Lipinski definition) is 3. The lowest BCUT2D eigenvalue weighted by atomic mass is 10.2. The van der Waals surface area contributed by atoms with Crippen LogP contribution < -0.4 is 14.8 Å². The molecule has 0 aromatic heterocycles. The third-order valence-corrected chi connectivity index (χ3v) is 3.78. The van der Waals surface area contributed by atoms with Gasteiger partial charge in [-0.1, -0.05) is 43.0 Å². The number of anilines is 1. The molecule has 0 atom stereocenters. The van der Waals surface area contributed by atoms with Crippen LogP contribution in [-0.4, -0.2) is 12.5 Å². The van der Waals surface area contributed by atoms with Gasteiger partial charge in [-0.15, -0.1) is 0 Å². The first-order valence-electron chi connectivity index (χ1n) is 8.89. The number of rotatable bonds is 8. The Morgan fingerprint density at radius 2 is 1.50 bits per heavy atom. The Hall–Kier alpha value is -3.79. The number of carbonyl (C=O) groups is 1. The molecule has 0 aliphatic carbocycles. The van der Waals surface area contributed by atoms with Gasteiger partial charge >= 0.3 is 0 Å². The number of carbonyl (C=O) groups excluding carboxylic acids is 1. The van der Waals surface area contributed by atoms with E-state index >= 15 is 0 Å². The fraction of sp³-hybridized carbons (Fsp3) is 0.0417. The van der Waals surface area contributed by atoms with Crippen molar-refractivity contribution in [3.63, 3.8) is 0 Å². The van der Waals surface area contributed by atoms with E-state index in [4.69, 9.17) is 9.47 Å². The van der Waals surface area contributed by atoms with E-state index in [2.05, 4.69) is 11.9 Å². The highest BCUT2D eigenvalue weighted by atomic mass is 16.5. The maximum atomic E-state index is 12.1. The summed E-state index contributed by atoms with van der Waals surface area (Å²) in [5.41, 5.74) is 1.61. The van der Waals surface area contributed by atoms with Crippen LogP contribution in [0.4, 0.5) is 5.69 Å². The molecule has 28 heavy (non-hydrogen) atoms. The van der Waals surface area contributed by atoms with Crippen LogP contribution in [0.5, 0.6) is 17.2 Å². The van der Waals surface area contributed by atoms with Crippen LogP contribution >= 0.6 is 0 Å². The first kappa shape index (κ1) is 19.0. The predicted molar refractivity (Wildman–Crippen MR) is 113 cm³/mol. The van der Waals surface area contributed by atoms with Gasteiger partial charge < -0.3 is 14.8 Å². The molecule has 4 heteroatoms. The molecule has 0 saturated carbocycles. The van der Waals surface area contributed by atoms with Crippen LogP contribution in [0.2, 0.25) is 0 Å². The van der Waals surface area contributed by atoms with E-state index in [1.54, 1.807) is 24.3 Å². The van der Waals surface area contributed by atoms with Gasteiger partial charge in [0.15, 0.2) is 0 Å². The summed E-state index contributed by atoms with van der Waals surface area (Å²) in [7, 11) is 0. The Bertz CT molecular complexity index is 930. The SMILES string of the molecule is C=CCOc1ccc(/C=C/C(=O)Nc2ccc(Oc3ccccc3)cc2)cc1. The summed E-state index contributed by atoms with van der Waals surface area (Å²) in [5.74, 6) is 2.03. The van der Waals surface area contributed by atoms with E-state index in [9.17, 15) is 4.79 Å². The molecular formula is C24H21NO3. The average molecular weight is 371 g/mol. The summed E-state index contributed by atoms with van der Waals surface area (Å²) < 4.78 is 11.2. The van der Waals surface area contributed by atoms with Crippen molar-refractivity contribution in [1.82, 2.24) is 0 Å². The Balaban J connectivity index is 1.52. The minimum absolute atomic E-state index is 0.205. The van der Waals surface area contributed by atoms with Crippen molar-refractivity contribution in [3.8, 4) is 17.2 Å². The lowest BCUT2D eigenvalue weighted by Gasteiger charge is -2.07. The van der Waals surface area contributed by atoms with Gasteiger partial charge in [-0.05, 0) is 60.2 Å². The van der Waals surface area contributed by atoms with Gasteiger partial charge in [0.1, 0.15) is 23.9 Å². The van der Waals surface area contributed by atoms with Gasteiger partial charge in [-0.2, -0.15) is 0 Å². The molecule has 140 valence electrons. The van der Waals surface area contributed by atoms with E-state index in [1.165, 1.54) is 6.08 Å². The van der Waals surface area contributed by atoms with Crippen LogP contribution in [0.25, 0.3) is 6.08 Å². The van der Waals surface area contributed by atoms with Gasteiger partial charge in [-0.25, -0.2) is 0 Å². The van der Waals surface area contributed by atoms with Crippen molar-refractivity contribution in [2.24, 2.45) is 0 Å². The summed E-state index contributed by atoms with van der Waals surface area (Å²) in [4.78, 5) is 12.1. The second-order valence-electron chi connectivity index (χ2n) is 5.93. The lowest BCUT2D eigenvalue weighted by Crippen LogP contribution is -2.07. The fourth-order valence-corrected chi connectivity index (χ4v) is 2.42. The van der Waals surface area contributed by atoms with Crippen molar-refractivity contribution in [2.45, 2.75) is 0 Å². The van der Waals surface area contributed by atoms with Crippen LogP contribution in [-0.2, 0) is 4.79 Å². The van der Waals surface area contributed by atoms with E-state index in [1.807, 2.05) is 66.7 Å². The Kier molecular flexibility index (Phi) is 6.63. The molecule has 0 saturated heterocycles. The minimum atomic E-state index is -0.205. The van der Waals surface area contributed by atoms with Crippen molar-refractivity contribution in [1.29, 1.82) is 0 Å². The molecule has 1 N–H and O–H groups in total. The first-order chi connectivity index (χ1) is 13.7. The second kappa shape index (κ2) is 9.78. The normalized spacial score (nSPS) is 10.4. The quantitative estimate of drug-likeness (QED) is 0.408. The number of benzene rings is 3. The van der Waals surface area contributed by atoms with E-state index in [-0.39, 0.29) is 5.91 Å². The summed E-state index contributed by atoms with van der Waals surface area (Å²) >= 11 is 0. The molecule has 0 bridgehead atoms. The topological polar surface area (TPSA) is 47.6 Å². The van der Waals surface area contributed by atoms with Gasteiger partial charge in [0.05, 0.1) is 0 Å². The second-order valence-corrected chi connectivity index (χ2v) is 5.93. The average Bonchev–Trinajstić information content (AvgIpc) is 2.74. The summed E-state index contributed by atoms with van der Waals surface area (Å²) in [6, 6.07) is 24.3. The Morgan fingerprint density at radius 1 is 0.857 bits per heavy atom. The van der Waals surface area contributed by atoms with Gasteiger partial charge in [0, 0.05) is 11.8 Å². The van der Waals surface area contributed by atoms with E-state index in [0.29, 0.717) is 18.0 Å². The highest BCUT2D eigenvalue weighted by Gasteiger charge is 2.00. The van der Waals surface area contributed by atoms with Crippen LogP contribution in [0.15, 0.2) is 97.6 Å². The third kappa shape index (κ3) is 5.88. The lowest BCUT2D eigenvalue weighted by molar-refractivity contribution is -0.111. The van der Waals surface area contributed by atoms with Crippen LogP contribution in [0, 0.1) is 0 Å². The van der Waals surface area contributed by atoms with Crippen molar-refractivity contribution < 1.29 is 14.3 Å². The standard InChI is InChI=1S/C24H21NO3/c1-2-18-27-21-13-8-19(9-14-21)10-17-24(26)25-20-11-15-23(16-12-20)28-22-6-4-3-5-7-22/h2-17H,1,18H2,(H,25,26)/b17-10+. The summed E-state index contributed by atoms with van der Waals surface area (Å²) in [5, 5.41) is 2.83. The van der Waals surface area contributed by atoms with Gasteiger partial charge in [0.2, 0.25) is 5.91 Å². The smallest absolute Gasteiger partial charge is 0.248 e. The van der Waals surface area contributed by atoms with Crippen LogP contribution in [0.3, 0.4) is 0 Å². The molecule has 0 aliphatic rings. The Labute approximate surface area is 164 Å². The fourth-order valence-electron chi connectivity index (χ4n) is 2.42. The summed E-state index contributed by atoms with van der Waals surface area (Å²) in [6.45, 7) is 4.08. The molecule has 3 rings (SSSR count). The number of para-hydroxylation sites is 1. The van der Waals surface area contributed by atoms with Gasteiger partial charge in [0.25, 0.3) is 0 Å². The molecule has 0 heterocycles. The highest BCUT2D eigenvalue weighted by Crippen LogP contribution is 2.22. The largest absolute Gasteiger partial charge is 0.490 e. The number of ether oxygens (including phenoxy) is 2. The monoisotopic (exact) mass is 371 g/mol.